The Bertz CT molecular complexity index is 861. The van der Waals surface area contributed by atoms with Crippen molar-refractivity contribution in [3.63, 3.8) is 0 Å². The van der Waals surface area contributed by atoms with Gasteiger partial charge in [0.1, 0.15) is 19.3 Å². The van der Waals surface area contributed by atoms with Gasteiger partial charge in [0.25, 0.3) is 0 Å². The number of halogens is 3. The molecule has 1 heterocycles. The Morgan fingerprint density at radius 3 is 2.44 bits per heavy atom. The van der Waals surface area contributed by atoms with Crippen molar-refractivity contribution < 1.29 is 4.84 Å². The van der Waals surface area contributed by atoms with E-state index in [0.717, 1.165) is 5.56 Å². The molecule has 0 aliphatic heterocycles. The van der Waals surface area contributed by atoms with Crippen molar-refractivity contribution >= 4 is 46.7 Å². The topological polar surface area (TPSA) is 52.0 Å². The lowest BCUT2D eigenvalue weighted by molar-refractivity contribution is 0.0650. The fourth-order valence-electron chi connectivity index (χ4n) is 2.10. The van der Waals surface area contributed by atoms with Crippen LogP contribution >= 0.6 is 34.8 Å². The van der Waals surface area contributed by atoms with Gasteiger partial charge in [-0.15, -0.1) is 0 Å². The maximum Gasteiger partial charge on any atom is 0.138 e. The van der Waals surface area contributed by atoms with Crippen molar-refractivity contribution in [1.82, 2.24) is 20.2 Å². The number of nitrogens with zero attached hydrogens (tertiary/aromatic N) is 3. The Balaban J connectivity index is 1.80. The molecule has 128 valence electrons. The summed E-state index contributed by atoms with van der Waals surface area (Å²) < 4.78 is 1.54. The van der Waals surface area contributed by atoms with Gasteiger partial charge in [-0.05, 0) is 18.2 Å². The maximum absolute atomic E-state index is 6.28. The second-order valence-corrected chi connectivity index (χ2v) is 6.21. The molecule has 5 nitrogen and oxygen atoms in total. The van der Waals surface area contributed by atoms with E-state index >= 15 is 0 Å². The molecule has 8 heteroatoms. The summed E-state index contributed by atoms with van der Waals surface area (Å²) in [5.41, 5.74) is 4.95. The molecule has 0 bridgehead atoms. The highest BCUT2D eigenvalue weighted by Gasteiger charge is 2.09. The van der Waals surface area contributed by atoms with E-state index in [1.165, 1.54) is 11.0 Å². The number of aromatic nitrogens is 3. The predicted molar refractivity (Wildman–Crippen MR) is 100 cm³/mol. The van der Waals surface area contributed by atoms with E-state index in [4.69, 9.17) is 39.6 Å². The molecule has 0 unspecified atom stereocenters. The molecule has 1 aromatic heterocycles. The number of nitrogens with one attached hydrogen (secondary N) is 1. The van der Waals surface area contributed by atoms with E-state index in [1.54, 1.807) is 36.8 Å². The molecule has 0 spiro atoms. The molecule has 3 aromatic rings. The summed E-state index contributed by atoms with van der Waals surface area (Å²) in [4.78, 5) is 9.51. The zero-order chi connectivity index (χ0) is 17.6. The van der Waals surface area contributed by atoms with Crippen LogP contribution in [0.15, 0.2) is 55.1 Å². The van der Waals surface area contributed by atoms with Crippen molar-refractivity contribution in [3.05, 3.63) is 81.3 Å². The molecule has 2 aromatic carbocycles. The normalized spacial score (nSPS) is 11.6. The minimum absolute atomic E-state index is 0.178. The van der Waals surface area contributed by atoms with Gasteiger partial charge in [0, 0.05) is 21.2 Å². The smallest absolute Gasteiger partial charge is 0.138 e. The van der Waals surface area contributed by atoms with Crippen LogP contribution in [-0.2, 0) is 11.4 Å². The fourth-order valence-corrected chi connectivity index (χ4v) is 2.85. The summed E-state index contributed by atoms with van der Waals surface area (Å²) in [5.74, 6) is 0. The Morgan fingerprint density at radius 2 is 1.76 bits per heavy atom. The van der Waals surface area contributed by atoms with Crippen molar-refractivity contribution in [2.24, 2.45) is 0 Å². The average molecular weight is 396 g/mol. The lowest BCUT2D eigenvalue weighted by atomic mass is 10.2. The minimum atomic E-state index is 0.178. The molecule has 0 saturated heterocycles. The minimum Gasteiger partial charge on any atom is -0.271 e. The van der Waals surface area contributed by atoms with Crippen molar-refractivity contribution in [2.75, 3.05) is 0 Å². The number of hydrogen-bond donors (Lipinski definition) is 1. The number of hydrogen-bond acceptors (Lipinski definition) is 4. The van der Waals surface area contributed by atoms with Crippen LogP contribution in [0, 0.1) is 0 Å². The molecule has 0 amide bonds. The summed E-state index contributed by atoms with van der Waals surface area (Å²) in [6.45, 7) is 0.178. The zero-order valence-corrected chi connectivity index (χ0v) is 15.1. The highest BCUT2D eigenvalue weighted by atomic mass is 35.5. The van der Waals surface area contributed by atoms with E-state index in [1.807, 2.05) is 18.2 Å². The average Bonchev–Trinajstić information content (AvgIpc) is 3.10. The first kappa shape index (κ1) is 17.8. The van der Waals surface area contributed by atoms with E-state index < -0.39 is 0 Å². The summed E-state index contributed by atoms with van der Waals surface area (Å²) in [7, 11) is 0. The van der Waals surface area contributed by atoms with Gasteiger partial charge < -0.3 is 0 Å². The molecule has 25 heavy (non-hydrogen) atoms. The van der Waals surface area contributed by atoms with Crippen LogP contribution in [-0.4, -0.2) is 14.8 Å². The Morgan fingerprint density at radius 1 is 1.04 bits per heavy atom. The number of rotatable bonds is 6. The summed E-state index contributed by atoms with van der Waals surface area (Å²) in [6, 6.07) is 12.7. The molecular formula is C17H13Cl3N4O. The quantitative estimate of drug-likeness (QED) is 0.602. The third-order valence-corrected chi connectivity index (χ3v) is 4.36. The molecule has 0 radical (unpaired) electrons. The van der Waals surface area contributed by atoms with Gasteiger partial charge in [-0.2, -0.15) is 5.10 Å². The van der Waals surface area contributed by atoms with Crippen molar-refractivity contribution in [2.45, 2.75) is 6.61 Å². The zero-order valence-electron chi connectivity index (χ0n) is 12.9. The van der Waals surface area contributed by atoms with Crippen molar-refractivity contribution in [3.8, 4) is 0 Å². The van der Waals surface area contributed by atoms with E-state index in [9.17, 15) is 0 Å². The van der Waals surface area contributed by atoms with Crippen LogP contribution < -0.4 is 5.48 Å². The van der Waals surface area contributed by atoms with Gasteiger partial charge in [-0.1, -0.05) is 59.1 Å². The van der Waals surface area contributed by atoms with Crippen LogP contribution in [0.3, 0.4) is 0 Å². The number of benzene rings is 2. The van der Waals surface area contributed by atoms with E-state index in [0.29, 0.717) is 26.3 Å². The third kappa shape index (κ3) is 4.52. The second kappa shape index (κ2) is 8.36. The monoisotopic (exact) mass is 394 g/mol. The van der Waals surface area contributed by atoms with E-state index in [-0.39, 0.29) is 6.61 Å². The highest BCUT2D eigenvalue weighted by molar-refractivity contribution is 6.36. The molecule has 0 atom stereocenters. The van der Waals surface area contributed by atoms with Crippen LogP contribution in [0.4, 0.5) is 0 Å². The first-order valence-corrected chi connectivity index (χ1v) is 8.40. The predicted octanol–water partition coefficient (Wildman–Crippen LogP) is 4.92. The Kier molecular flexibility index (Phi) is 5.94. The highest BCUT2D eigenvalue weighted by Crippen LogP contribution is 2.26. The van der Waals surface area contributed by atoms with Gasteiger partial charge in [-0.3, -0.25) is 10.3 Å². The second-order valence-electron chi connectivity index (χ2n) is 4.99. The third-order valence-electron chi connectivity index (χ3n) is 3.32. The largest absolute Gasteiger partial charge is 0.271 e. The van der Waals surface area contributed by atoms with E-state index in [2.05, 4.69) is 15.6 Å². The summed E-state index contributed by atoms with van der Waals surface area (Å²) >= 11 is 18.6. The van der Waals surface area contributed by atoms with Gasteiger partial charge in [0.2, 0.25) is 0 Å². The standard InChI is InChI=1S/C17H13Cl3N4O/c18-14-5-2-1-4-12(14)17(8-24-11-21-10-22-24)23-25-9-13-15(19)6-3-7-16(13)20/h1-8,10-11,23H,9H2. The van der Waals surface area contributed by atoms with Crippen LogP contribution in [0.2, 0.25) is 15.1 Å². The first-order valence-electron chi connectivity index (χ1n) is 7.26. The lowest BCUT2D eigenvalue weighted by Crippen LogP contribution is -2.14. The fraction of sp³-hybridized carbons (Fsp3) is 0.0588. The van der Waals surface area contributed by atoms with Crippen LogP contribution in [0.5, 0.6) is 0 Å². The van der Waals surface area contributed by atoms with Crippen LogP contribution in [0.1, 0.15) is 11.1 Å². The molecule has 0 aliphatic carbocycles. The maximum atomic E-state index is 6.28. The lowest BCUT2D eigenvalue weighted by Gasteiger charge is -2.14. The summed E-state index contributed by atoms with van der Waals surface area (Å²) in [6.07, 6.45) is 4.71. The first-order chi connectivity index (χ1) is 12.1. The van der Waals surface area contributed by atoms with Gasteiger partial charge >= 0.3 is 0 Å². The summed E-state index contributed by atoms with van der Waals surface area (Å²) in [5, 5.41) is 5.70. The van der Waals surface area contributed by atoms with Crippen LogP contribution in [0.25, 0.3) is 11.9 Å². The SMILES string of the molecule is Clc1ccccc1C(=Cn1cncn1)NOCc1c(Cl)cccc1Cl. The molecule has 1 N–H and O–H groups in total. The molecule has 0 saturated carbocycles. The molecule has 0 fully saturated rings. The Hall–Kier alpha value is -2.05. The van der Waals surface area contributed by atoms with Gasteiger partial charge in [0.15, 0.2) is 0 Å². The Labute approximate surface area is 159 Å². The number of hydroxylamine groups is 1. The molecule has 0 aliphatic rings. The van der Waals surface area contributed by atoms with Gasteiger partial charge in [-0.25, -0.2) is 9.67 Å². The van der Waals surface area contributed by atoms with Crippen molar-refractivity contribution in [1.29, 1.82) is 0 Å². The molecule has 3 rings (SSSR count). The molecular weight excluding hydrogens is 383 g/mol. The van der Waals surface area contributed by atoms with Gasteiger partial charge in [0.05, 0.1) is 16.9 Å².